The van der Waals surface area contributed by atoms with E-state index < -0.39 is 6.10 Å². The summed E-state index contributed by atoms with van der Waals surface area (Å²) in [6.07, 6.45) is -0.764. The van der Waals surface area contributed by atoms with E-state index in [9.17, 15) is 9.90 Å². The van der Waals surface area contributed by atoms with E-state index in [1.165, 1.54) is 11.3 Å². The Morgan fingerprint density at radius 2 is 2.00 bits per heavy atom. The molecule has 1 aromatic carbocycles. The van der Waals surface area contributed by atoms with E-state index >= 15 is 0 Å². The summed E-state index contributed by atoms with van der Waals surface area (Å²) in [6, 6.07) is 14.8. The second-order valence-electron chi connectivity index (χ2n) is 5.93. The Morgan fingerprint density at radius 3 is 2.72 bits per heavy atom. The van der Waals surface area contributed by atoms with Crippen LogP contribution in [0.1, 0.15) is 32.7 Å². The summed E-state index contributed by atoms with van der Waals surface area (Å²) < 4.78 is 2.48. The third-order valence-corrected chi connectivity index (χ3v) is 5.50. The maximum atomic E-state index is 12.6. The summed E-state index contributed by atoms with van der Waals surface area (Å²) >= 11 is 7.22. The van der Waals surface area contributed by atoms with E-state index in [0.29, 0.717) is 34.5 Å². The molecule has 0 spiro atoms. The zero-order valence-corrected chi connectivity index (χ0v) is 14.9. The van der Waals surface area contributed by atoms with Crippen molar-refractivity contribution in [2.75, 3.05) is 6.54 Å². The molecule has 3 aromatic rings. The predicted molar refractivity (Wildman–Crippen MR) is 96.8 cm³/mol. The summed E-state index contributed by atoms with van der Waals surface area (Å²) in [6.45, 7) is 1.68. The lowest BCUT2D eigenvalue weighted by Gasteiger charge is -2.27. The quantitative estimate of drug-likeness (QED) is 0.766. The molecule has 1 unspecified atom stereocenters. The minimum absolute atomic E-state index is 0.0190. The van der Waals surface area contributed by atoms with Crippen LogP contribution in [0.5, 0.6) is 0 Å². The second-order valence-corrected chi connectivity index (χ2v) is 7.64. The first kappa shape index (κ1) is 16.3. The Labute approximate surface area is 154 Å². The van der Waals surface area contributed by atoms with Crippen LogP contribution in [0.15, 0.2) is 48.5 Å². The lowest BCUT2D eigenvalue weighted by Crippen LogP contribution is -2.38. The van der Waals surface area contributed by atoms with Crippen LogP contribution in [-0.2, 0) is 13.1 Å². The first-order valence-electron chi connectivity index (χ1n) is 7.96. The molecule has 0 radical (unpaired) electrons. The third-order valence-electron chi connectivity index (χ3n) is 4.28. The smallest absolute Gasteiger partial charge is 0.264 e. The summed E-state index contributed by atoms with van der Waals surface area (Å²) in [4.78, 5) is 15.0. The molecule has 0 saturated heterocycles. The zero-order chi connectivity index (χ0) is 17.4. The maximum absolute atomic E-state index is 12.6. The SMILES string of the molecule is O=C(c1ccc(Cl)s1)N1CCn2nc(C(O)c3ccccc3)cc2C1. The normalized spacial score (nSPS) is 15.0. The van der Waals surface area contributed by atoms with Crippen LogP contribution in [0, 0.1) is 0 Å². The molecule has 7 heteroatoms. The molecular formula is C18H16ClN3O2S. The van der Waals surface area contributed by atoms with Gasteiger partial charge in [-0.25, -0.2) is 0 Å². The van der Waals surface area contributed by atoms with Crippen molar-refractivity contribution in [2.24, 2.45) is 0 Å². The fourth-order valence-corrected chi connectivity index (χ4v) is 4.00. The number of aliphatic hydroxyl groups excluding tert-OH is 1. The van der Waals surface area contributed by atoms with Gasteiger partial charge in [0.05, 0.1) is 33.7 Å². The fourth-order valence-electron chi connectivity index (χ4n) is 2.99. The lowest BCUT2D eigenvalue weighted by atomic mass is 10.1. The monoisotopic (exact) mass is 373 g/mol. The first-order chi connectivity index (χ1) is 12.1. The minimum Gasteiger partial charge on any atom is -0.382 e. The molecular weight excluding hydrogens is 358 g/mol. The first-order valence-corrected chi connectivity index (χ1v) is 9.15. The molecule has 0 bridgehead atoms. The van der Waals surface area contributed by atoms with E-state index in [-0.39, 0.29) is 5.91 Å². The highest BCUT2D eigenvalue weighted by molar-refractivity contribution is 7.17. The van der Waals surface area contributed by atoms with Crippen molar-refractivity contribution in [1.82, 2.24) is 14.7 Å². The van der Waals surface area contributed by atoms with Gasteiger partial charge in [-0.05, 0) is 23.8 Å². The Hall–Kier alpha value is -2.15. The van der Waals surface area contributed by atoms with Crippen LogP contribution in [0.2, 0.25) is 4.34 Å². The van der Waals surface area contributed by atoms with Crippen LogP contribution in [0.4, 0.5) is 0 Å². The molecule has 1 atom stereocenters. The highest BCUT2D eigenvalue weighted by Crippen LogP contribution is 2.26. The van der Waals surface area contributed by atoms with Crippen molar-refractivity contribution in [2.45, 2.75) is 19.2 Å². The molecule has 1 aliphatic rings. The van der Waals surface area contributed by atoms with Crippen LogP contribution >= 0.6 is 22.9 Å². The number of aliphatic hydroxyl groups is 1. The number of fused-ring (bicyclic) bond motifs is 1. The van der Waals surface area contributed by atoms with Crippen molar-refractivity contribution in [1.29, 1.82) is 0 Å². The van der Waals surface area contributed by atoms with Crippen molar-refractivity contribution < 1.29 is 9.90 Å². The number of hydrogen-bond acceptors (Lipinski definition) is 4. The number of benzene rings is 1. The van der Waals surface area contributed by atoms with Gasteiger partial charge < -0.3 is 10.0 Å². The summed E-state index contributed by atoms with van der Waals surface area (Å²) in [5.41, 5.74) is 2.33. The molecule has 0 saturated carbocycles. The van der Waals surface area contributed by atoms with Gasteiger partial charge in [0.1, 0.15) is 6.10 Å². The molecule has 3 heterocycles. The number of hydrogen-bond donors (Lipinski definition) is 1. The van der Waals surface area contributed by atoms with Gasteiger partial charge in [-0.15, -0.1) is 11.3 Å². The predicted octanol–water partition coefficient (Wildman–Crippen LogP) is 3.34. The fraction of sp³-hybridized carbons (Fsp3) is 0.222. The van der Waals surface area contributed by atoms with Gasteiger partial charge in [0.15, 0.2) is 0 Å². The van der Waals surface area contributed by atoms with Crippen LogP contribution in [0.3, 0.4) is 0 Å². The van der Waals surface area contributed by atoms with Gasteiger partial charge in [0, 0.05) is 6.54 Å². The van der Waals surface area contributed by atoms with Gasteiger partial charge >= 0.3 is 0 Å². The van der Waals surface area contributed by atoms with Crippen molar-refractivity contribution in [3.8, 4) is 0 Å². The average Bonchev–Trinajstić information content (AvgIpc) is 3.26. The van der Waals surface area contributed by atoms with E-state index in [4.69, 9.17) is 11.6 Å². The number of nitrogens with zero attached hydrogens (tertiary/aromatic N) is 3. The van der Waals surface area contributed by atoms with E-state index in [0.717, 1.165) is 11.3 Å². The van der Waals surface area contributed by atoms with Gasteiger partial charge in [-0.2, -0.15) is 5.10 Å². The Morgan fingerprint density at radius 1 is 1.20 bits per heavy atom. The lowest BCUT2D eigenvalue weighted by molar-refractivity contribution is 0.0711. The van der Waals surface area contributed by atoms with E-state index in [1.807, 2.05) is 41.1 Å². The maximum Gasteiger partial charge on any atom is 0.264 e. The van der Waals surface area contributed by atoms with E-state index in [1.54, 1.807) is 17.0 Å². The molecule has 0 aliphatic carbocycles. The molecule has 128 valence electrons. The molecule has 1 N–H and O–H groups in total. The summed E-state index contributed by atoms with van der Waals surface area (Å²) in [5.74, 6) is -0.0190. The third kappa shape index (κ3) is 3.20. The highest BCUT2D eigenvalue weighted by atomic mass is 35.5. The van der Waals surface area contributed by atoms with Gasteiger partial charge in [0.25, 0.3) is 5.91 Å². The van der Waals surface area contributed by atoms with Gasteiger partial charge in [-0.3, -0.25) is 9.48 Å². The topological polar surface area (TPSA) is 58.4 Å². The number of rotatable bonds is 3. The molecule has 2 aromatic heterocycles. The van der Waals surface area contributed by atoms with Crippen LogP contribution in [-0.4, -0.2) is 32.2 Å². The van der Waals surface area contributed by atoms with Gasteiger partial charge in [-0.1, -0.05) is 41.9 Å². The van der Waals surface area contributed by atoms with Gasteiger partial charge in [0.2, 0.25) is 0 Å². The van der Waals surface area contributed by atoms with Crippen LogP contribution in [0.25, 0.3) is 0 Å². The largest absolute Gasteiger partial charge is 0.382 e. The molecule has 25 heavy (non-hydrogen) atoms. The minimum atomic E-state index is -0.764. The second kappa shape index (κ2) is 6.63. The van der Waals surface area contributed by atoms with Crippen LogP contribution < -0.4 is 0 Å². The standard InChI is InChI=1S/C18H16ClN3O2S/c19-16-7-6-15(25-16)18(24)21-8-9-22-13(11-21)10-14(20-22)17(23)12-4-2-1-3-5-12/h1-7,10,17,23H,8-9,11H2. The summed E-state index contributed by atoms with van der Waals surface area (Å²) in [5, 5.41) is 15.0. The number of halogens is 1. The number of aromatic nitrogens is 2. The van der Waals surface area contributed by atoms with E-state index in [2.05, 4.69) is 5.10 Å². The average molecular weight is 374 g/mol. The Kier molecular flexibility index (Phi) is 4.33. The molecule has 1 aliphatic heterocycles. The zero-order valence-electron chi connectivity index (χ0n) is 13.3. The molecule has 5 nitrogen and oxygen atoms in total. The number of carbonyl (C=O) groups excluding carboxylic acids is 1. The van der Waals surface area contributed by atoms with Crippen molar-refractivity contribution >= 4 is 28.8 Å². The number of carbonyl (C=O) groups is 1. The molecule has 0 fully saturated rings. The Balaban J connectivity index is 1.54. The number of amides is 1. The highest BCUT2D eigenvalue weighted by Gasteiger charge is 2.25. The Bertz CT molecular complexity index is 906. The van der Waals surface area contributed by atoms with Crippen molar-refractivity contribution in [3.63, 3.8) is 0 Å². The molecule has 1 amide bonds. The molecule has 4 rings (SSSR count). The van der Waals surface area contributed by atoms with Crippen molar-refractivity contribution in [3.05, 3.63) is 74.7 Å². The number of thiophene rings is 1. The summed E-state index contributed by atoms with van der Waals surface area (Å²) in [7, 11) is 0.